The van der Waals surface area contributed by atoms with Gasteiger partial charge in [0, 0.05) is 51.4 Å². The van der Waals surface area contributed by atoms with Gasteiger partial charge in [-0.3, -0.25) is 9.69 Å². The van der Waals surface area contributed by atoms with E-state index in [1.807, 2.05) is 18.2 Å². The van der Waals surface area contributed by atoms with Crippen molar-refractivity contribution in [3.63, 3.8) is 0 Å². The Hall–Kier alpha value is -2.19. The van der Waals surface area contributed by atoms with Gasteiger partial charge in [0.15, 0.2) is 0 Å². The summed E-state index contributed by atoms with van der Waals surface area (Å²) >= 11 is 6.20. The van der Waals surface area contributed by atoms with Crippen molar-refractivity contribution in [3.8, 4) is 0 Å². The van der Waals surface area contributed by atoms with Crippen molar-refractivity contribution in [1.82, 2.24) is 14.1 Å². The summed E-state index contributed by atoms with van der Waals surface area (Å²) in [5.41, 5.74) is 1.51. The minimum Gasteiger partial charge on any atom is -0.336 e. The highest BCUT2D eigenvalue weighted by Crippen LogP contribution is 2.26. The van der Waals surface area contributed by atoms with Crippen LogP contribution in [0.1, 0.15) is 29.8 Å². The highest BCUT2D eigenvalue weighted by Gasteiger charge is 2.27. The third-order valence-corrected chi connectivity index (χ3v) is 8.17. The lowest BCUT2D eigenvalue weighted by Gasteiger charge is -2.34. The summed E-state index contributed by atoms with van der Waals surface area (Å²) in [6, 6.07) is 14.7. The topological polar surface area (TPSA) is 60.9 Å². The quantitative estimate of drug-likeness (QED) is 0.582. The van der Waals surface area contributed by atoms with Gasteiger partial charge in [-0.25, -0.2) is 8.42 Å². The van der Waals surface area contributed by atoms with Crippen LogP contribution in [0.25, 0.3) is 6.08 Å². The molecule has 0 atom stereocenters. The monoisotopic (exact) mass is 475 g/mol. The number of hydrogen-bond acceptors (Lipinski definition) is 4. The molecule has 1 aliphatic rings. The third kappa shape index (κ3) is 5.78. The molecule has 0 aliphatic carbocycles. The Morgan fingerprint density at radius 3 is 2.31 bits per heavy atom. The average Bonchev–Trinajstić information content (AvgIpc) is 2.80. The predicted octanol–water partition coefficient (Wildman–Crippen LogP) is 3.84. The third-order valence-electron chi connectivity index (χ3n) is 5.63. The van der Waals surface area contributed by atoms with Crippen LogP contribution in [0.3, 0.4) is 0 Å². The minimum atomic E-state index is -3.75. The summed E-state index contributed by atoms with van der Waals surface area (Å²) in [7, 11) is -3.75. The van der Waals surface area contributed by atoms with Crippen molar-refractivity contribution in [1.29, 1.82) is 0 Å². The summed E-state index contributed by atoms with van der Waals surface area (Å²) in [6.07, 6.45) is 4.24. The van der Waals surface area contributed by atoms with E-state index in [9.17, 15) is 13.2 Å². The van der Waals surface area contributed by atoms with Gasteiger partial charge in [0.2, 0.25) is 10.0 Å². The fourth-order valence-electron chi connectivity index (χ4n) is 3.75. The molecule has 2 aromatic carbocycles. The number of rotatable bonds is 8. The first-order chi connectivity index (χ1) is 15.4. The standard InChI is InChI=1S/C24H30ClN3O3S/c1-3-28(4-2)32(30,31)23-19-21(12-13-22(23)25)24(29)27-17-15-26(16-18-27)14-8-11-20-9-6-5-7-10-20/h5-13,19H,3-4,14-18H2,1-2H3/b11-8+. The maximum absolute atomic E-state index is 13.0. The van der Waals surface area contributed by atoms with E-state index in [1.54, 1.807) is 24.8 Å². The number of piperazine rings is 1. The first-order valence-corrected chi connectivity index (χ1v) is 12.7. The minimum absolute atomic E-state index is 0.0154. The van der Waals surface area contributed by atoms with Crippen LogP contribution in [0.5, 0.6) is 0 Å². The first-order valence-electron chi connectivity index (χ1n) is 10.9. The Labute approximate surface area is 196 Å². The van der Waals surface area contributed by atoms with Crippen molar-refractivity contribution in [2.24, 2.45) is 0 Å². The number of sulfonamides is 1. The lowest BCUT2D eigenvalue weighted by Crippen LogP contribution is -2.48. The van der Waals surface area contributed by atoms with E-state index in [4.69, 9.17) is 11.6 Å². The normalized spacial score (nSPS) is 15.6. The molecule has 1 saturated heterocycles. The van der Waals surface area contributed by atoms with Gasteiger partial charge in [-0.15, -0.1) is 0 Å². The fraction of sp³-hybridized carbons (Fsp3) is 0.375. The molecule has 6 nitrogen and oxygen atoms in total. The second-order valence-electron chi connectivity index (χ2n) is 7.64. The average molecular weight is 476 g/mol. The van der Waals surface area contributed by atoms with Crippen molar-refractivity contribution in [2.75, 3.05) is 45.8 Å². The van der Waals surface area contributed by atoms with Gasteiger partial charge in [-0.1, -0.05) is 67.9 Å². The molecule has 0 spiro atoms. The molecule has 0 saturated carbocycles. The molecule has 0 aromatic heterocycles. The lowest BCUT2D eigenvalue weighted by atomic mass is 10.1. The fourth-order valence-corrected chi connectivity index (χ4v) is 5.71. The number of hydrogen-bond donors (Lipinski definition) is 0. The molecule has 1 fully saturated rings. The predicted molar refractivity (Wildman–Crippen MR) is 129 cm³/mol. The molecule has 1 amide bonds. The molecule has 0 radical (unpaired) electrons. The van der Waals surface area contributed by atoms with Crippen molar-refractivity contribution < 1.29 is 13.2 Å². The summed E-state index contributed by atoms with van der Waals surface area (Å²) in [5.74, 6) is -0.169. The van der Waals surface area contributed by atoms with Crippen molar-refractivity contribution >= 4 is 33.6 Å². The number of nitrogens with zero attached hydrogens (tertiary/aromatic N) is 3. The highest BCUT2D eigenvalue weighted by atomic mass is 35.5. The van der Waals surface area contributed by atoms with E-state index < -0.39 is 10.0 Å². The van der Waals surface area contributed by atoms with Crippen molar-refractivity contribution in [3.05, 3.63) is 70.8 Å². The summed E-state index contributed by atoms with van der Waals surface area (Å²) < 4.78 is 27.2. The van der Waals surface area contributed by atoms with Crippen LogP contribution >= 0.6 is 11.6 Å². The molecular formula is C24H30ClN3O3S. The van der Waals surface area contributed by atoms with E-state index in [1.165, 1.54) is 22.0 Å². The smallest absolute Gasteiger partial charge is 0.253 e. The van der Waals surface area contributed by atoms with Crippen LogP contribution in [0, 0.1) is 0 Å². The summed E-state index contributed by atoms with van der Waals surface area (Å²) in [6.45, 7) is 7.78. The zero-order valence-corrected chi connectivity index (χ0v) is 20.1. The SMILES string of the molecule is CCN(CC)S(=O)(=O)c1cc(C(=O)N2CCN(C/C=C/c3ccccc3)CC2)ccc1Cl. The van der Waals surface area contributed by atoms with Gasteiger partial charge in [-0.05, 0) is 23.8 Å². The molecule has 0 N–H and O–H groups in total. The van der Waals surface area contributed by atoms with Gasteiger partial charge < -0.3 is 4.90 Å². The highest BCUT2D eigenvalue weighted by molar-refractivity contribution is 7.89. The molecule has 32 heavy (non-hydrogen) atoms. The van der Waals surface area contributed by atoms with E-state index in [-0.39, 0.29) is 15.8 Å². The zero-order chi connectivity index (χ0) is 23.1. The molecule has 8 heteroatoms. The Balaban J connectivity index is 1.63. The molecule has 0 bridgehead atoms. The Morgan fingerprint density at radius 2 is 1.69 bits per heavy atom. The number of carbonyl (C=O) groups is 1. The summed E-state index contributed by atoms with van der Waals surface area (Å²) in [5, 5.41) is 0.128. The van der Waals surface area contributed by atoms with E-state index in [0.717, 1.165) is 19.6 Å². The van der Waals surface area contributed by atoms with Crippen LogP contribution in [0.4, 0.5) is 0 Å². The van der Waals surface area contributed by atoms with Crippen LogP contribution in [-0.2, 0) is 10.0 Å². The van der Waals surface area contributed by atoms with Crippen LogP contribution < -0.4 is 0 Å². The molecular weight excluding hydrogens is 446 g/mol. The number of benzene rings is 2. The Morgan fingerprint density at radius 1 is 1.03 bits per heavy atom. The van der Waals surface area contributed by atoms with Gasteiger partial charge in [0.05, 0.1) is 5.02 Å². The first kappa shape index (κ1) is 24.5. The summed E-state index contributed by atoms with van der Waals surface area (Å²) in [4.78, 5) is 17.1. The number of carbonyl (C=O) groups excluding carboxylic acids is 1. The zero-order valence-electron chi connectivity index (χ0n) is 18.6. The molecule has 172 valence electrons. The van der Waals surface area contributed by atoms with Gasteiger partial charge in [-0.2, -0.15) is 4.31 Å². The van der Waals surface area contributed by atoms with E-state index in [2.05, 4.69) is 29.2 Å². The Kier molecular flexibility index (Phi) is 8.48. The van der Waals surface area contributed by atoms with Gasteiger partial charge in [0.25, 0.3) is 5.91 Å². The van der Waals surface area contributed by atoms with E-state index in [0.29, 0.717) is 31.7 Å². The van der Waals surface area contributed by atoms with Crippen molar-refractivity contribution in [2.45, 2.75) is 18.7 Å². The van der Waals surface area contributed by atoms with Crippen LogP contribution in [0.15, 0.2) is 59.5 Å². The maximum atomic E-state index is 13.0. The lowest BCUT2D eigenvalue weighted by molar-refractivity contribution is 0.0650. The Bertz CT molecular complexity index is 1050. The molecule has 1 aliphatic heterocycles. The maximum Gasteiger partial charge on any atom is 0.253 e. The van der Waals surface area contributed by atoms with Gasteiger partial charge in [0.1, 0.15) is 4.90 Å². The molecule has 1 heterocycles. The second kappa shape index (κ2) is 11.1. The number of amides is 1. The van der Waals surface area contributed by atoms with E-state index >= 15 is 0 Å². The largest absolute Gasteiger partial charge is 0.336 e. The molecule has 2 aromatic rings. The number of halogens is 1. The second-order valence-corrected chi connectivity index (χ2v) is 9.95. The van der Waals surface area contributed by atoms with Crippen LogP contribution in [0.2, 0.25) is 5.02 Å². The molecule has 3 rings (SSSR count). The van der Waals surface area contributed by atoms with Gasteiger partial charge >= 0.3 is 0 Å². The van der Waals surface area contributed by atoms with Crippen LogP contribution in [-0.4, -0.2) is 74.2 Å². The molecule has 0 unspecified atom stereocenters.